The van der Waals surface area contributed by atoms with E-state index in [0.717, 1.165) is 50.2 Å². The van der Waals surface area contributed by atoms with Crippen LogP contribution in [0.25, 0.3) is 81.7 Å². The third-order valence-electron chi connectivity index (χ3n) is 10.5. The van der Waals surface area contributed by atoms with E-state index in [9.17, 15) is 0 Å². The van der Waals surface area contributed by atoms with Gasteiger partial charge in [-0.3, -0.25) is 0 Å². The van der Waals surface area contributed by atoms with Gasteiger partial charge < -0.3 is 13.9 Å². The van der Waals surface area contributed by atoms with E-state index in [0.29, 0.717) is 0 Å². The number of furan rings is 1. The number of fused-ring (bicyclic) bond motifs is 11. The van der Waals surface area contributed by atoms with Crippen LogP contribution >= 0.6 is 0 Å². The quantitative estimate of drug-likeness (QED) is 0.177. The van der Waals surface area contributed by atoms with Crippen LogP contribution in [0.5, 0.6) is 0 Å². The van der Waals surface area contributed by atoms with Crippen LogP contribution in [-0.2, 0) is 0 Å². The Morgan fingerprint density at radius 2 is 0.941 bits per heavy atom. The topological polar surface area (TPSA) is 21.3 Å². The molecule has 2 aromatic heterocycles. The lowest BCUT2D eigenvalue weighted by Gasteiger charge is -2.26. The van der Waals surface area contributed by atoms with Gasteiger partial charge in [-0.2, -0.15) is 0 Å². The first kappa shape index (κ1) is 28.0. The van der Waals surface area contributed by atoms with Crippen LogP contribution in [0.1, 0.15) is 0 Å². The molecule has 0 spiro atoms. The summed E-state index contributed by atoms with van der Waals surface area (Å²) in [4.78, 5) is 2.39. The van der Waals surface area contributed by atoms with Crippen molar-refractivity contribution in [1.82, 2.24) is 4.57 Å². The summed E-state index contributed by atoms with van der Waals surface area (Å²) < 4.78 is 8.65. The highest BCUT2D eigenvalue weighted by Crippen LogP contribution is 2.43. The largest absolute Gasteiger partial charge is 0.456 e. The van der Waals surface area contributed by atoms with Crippen LogP contribution in [-0.4, -0.2) is 4.57 Å². The number of rotatable bonds is 4. The van der Waals surface area contributed by atoms with Crippen molar-refractivity contribution in [3.05, 3.63) is 182 Å². The van der Waals surface area contributed by atoms with Gasteiger partial charge in [-0.05, 0) is 99.0 Å². The Balaban J connectivity index is 1.19. The first-order valence-electron chi connectivity index (χ1n) is 17.4. The van der Waals surface area contributed by atoms with Crippen molar-refractivity contribution >= 4 is 93.1 Å². The van der Waals surface area contributed by atoms with Crippen molar-refractivity contribution < 1.29 is 4.42 Å². The number of benzene rings is 9. The molecule has 0 fully saturated rings. The Hall–Kier alpha value is -6.84. The lowest BCUT2D eigenvalue weighted by Crippen LogP contribution is -2.10. The summed E-state index contributed by atoms with van der Waals surface area (Å²) in [5.41, 5.74) is 8.53. The molecular formula is C48H30N2O. The van der Waals surface area contributed by atoms with Gasteiger partial charge in [0.05, 0.1) is 11.0 Å². The summed E-state index contributed by atoms with van der Waals surface area (Å²) >= 11 is 0. The molecule has 0 N–H and O–H groups in total. The van der Waals surface area contributed by atoms with Crippen LogP contribution in [0.15, 0.2) is 186 Å². The third-order valence-corrected chi connectivity index (χ3v) is 10.5. The Labute approximate surface area is 293 Å². The monoisotopic (exact) mass is 650 g/mol. The minimum Gasteiger partial charge on any atom is -0.456 e. The summed E-state index contributed by atoms with van der Waals surface area (Å²) in [5.74, 6) is 0. The zero-order valence-electron chi connectivity index (χ0n) is 27.6. The minimum absolute atomic E-state index is 0.886. The molecule has 3 nitrogen and oxygen atoms in total. The molecule has 238 valence electrons. The molecule has 11 rings (SSSR count). The average Bonchev–Trinajstić information content (AvgIpc) is 3.73. The standard InChI is InChI=1S/C48H30N2O/c1-2-11-34(12-3-1)50-44-16-8-6-14-40(44)41-26-23-37(30-45(41)50)49(36-24-27-47-43(29-36)42-15-7-9-17-46(42)51-47)35-22-25-39-33(28-35)21-20-32-19-18-31-10-4-5-13-38(31)48(32)39/h1-30H. The molecule has 0 radical (unpaired) electrons. The van der Waals surface area contributed by atoms with Crippen molar-refractivity contribution in [2.45, 2.75) is 0 Å². The highest BCUT2D eigenvalue weighted by atomic mass is 16.3. The van der Waals surface area contributed by atoms with Crippen molar-refractivity contribution in [2.24, 2.45) is 0 Å². The predicted octanol–water partition coefficient (Wildman–Crippen LogP) is 13.6. The number of aromatic nitrogens is 1. The lowest BCUT2D eigenvalue weighted by molar-refractivity contribution is 0.669. The number of hydrogen-bond acceptors (Lipinski definition) is 2. The van der Waals surface area contributed by atoms with Gasteiger partial charge in [-0.25, -0.2) is 0 Å². The fraction of sp³-hybridized carbons (Fsp3) is 0. The second-order valence-corrected chi connectivity index (χ2v) is 13.4. The lowest BCUT2D eigenvalue weighted by atomic mass is 9.96. The van der Waals surface area contributed by atoms with Gasteiger partial charge in [0.2, 0.25) is 0 Å². The SMILES string of the molecule is c1ccc(-n2c3ccccc3c3ccc(N(c4ccc5c(ccc6ccc7ccccc7c65)c4)c4ccc5oc6ccccc6c5c4)cc32)cc1. The number of para-hydroxylation sites is 3. The first-order chi connectivity index (χ1) is 25.3. The number of nitrogens with zero attached hydrogens (tertiary/aromatic N) is 2. The highest BCUT2D eigenvalue weighted by Gasteiger charge is 2.19. The average molecular weight is 651 g/mol. The molecule has 51 heavy (non-hydrogen) atoms. The van der Waals surface area contributed by atoms with Crippen LogP contribution in [0.2, 0.25) is 0 Å². The molecule has 3 heteroatoms. The first-order valence-corrected chi connectivity index (χ1v) is 17.4. The highest BCUT2D eigenvalue weighted by molar-refractivity contribution is 6.20. The molecule has 11 aromatic rings. The summed E-state index contributed by atoms with van der Waals surface area (Å²) in [6.07, 6.45) is 0. The normalized spacial score (nSPS) is 11.9. The van der Waals surface area contributed by atoms with E-state index in [1.165, 1.54) is 48.6 Å². The van der Waals surface area contributed by atoms with Gasteiger partial charge in [0.15, 0.2) is 0 Å². The maximum absolute atomic E-state index is 6.27. The Kier molecular flexibility index (Phi) is 5.96. The molecule has 0 bridgehead atoms. The number of anilines is 3. The van der Waals surface area contributed by atoms with Crippen molar-refractivity contribution in [3.63, 3.8) is 0 Å². The maximum atomic E-state index is 6.27. The summed E-state index contributed by atoms with van der Waals surface area (Å²) in [5, 5.41) is 12.2. The minimum atomic E-state index is 0.886. The summed E-state index contributed by atoms with van der Waals surface area (Å²) in [7, 11) is 0. The van der Waals surface area contributed by atoms with E-state index >= 15 is 0 Å². The van der Waals surface area contributed by atoms with E-state index in [2.05, 4.69) is 179 Å². The van der Waals surface area contributed by atoms with Crippen molar-refractivity contribution in [2.75, 3.05) is 4.90 Å². The molecule has 0 aliphatic heterocycles. The second kappa shape index (κ2) is 10.8. The fourth-order valence-electron chi connectivity index (χ4n) is 8.22. The fourth-order valence-corrected chi connectivity index (χ4v) is 8.22. The van der Waals surface area contributed by atoms with Crippen molar-refractivity contribution in [1.29, 1.82) is 0 Å². The number of hydrogen-bond donors (Lipinski definition) is 0. The van der Waals surface area contributed by atoms with E-state index in [1.807, 2.05) is 12.1 Å². The van der Waals surface area contributed by atoms with Gasteiger partial charge in [0, 0.05) is 44.3 Å². The van der Waals surface area contributed by atoms with E-state index in [1.54, 1.807) is 0 Å². The molecule has 0 saturated heterocycles. The van der Waals surface area contributed by atoms with Crippen LogP contribution in [0.3, 0.4) is 0 Å². The van der Waals surface area contributed by atoms with Crippen molar-refractivity contribution in [3.8, 4) is 5.69 Å². The zero-order chi connectivity index (χ0) is 33.5. The Morgan fingerprint density at radius 3 is 1.82 bits per heavy atom. The molecule has 0 saturated carbocycles. The zero-order valence-corrected chi connectivity index (χ0v) is 27.6. The third kappa shape index (κ3) is 4.25. The molecule has 0 aliphatic rings. The van der Waals surface area contributed by atoms with Gasteiger partial charge in [0.25, 0.3) is 0 Å². The Morgan fingerprint density at radius 1 is 0.353 bits per heavy atom. The second-order valence-electron chi connectivity index (χ2n) is 13.4. The predicted molar refractivity (Wildman–Crippen MR) is 215 cm³/mol. The smallest absolute Gasteiger partial charge is 0.135 e. The Bertz CT molecular complexity index is 3150. The maximum Gasteiger partial charge on any atom is 0.135 e. The molecule has 2 heterocycles. The van der Waals surface area contributed by atoms with Gasteiger partial charge in [-0.15, -0.1) is 0 Å². The van der Waals surface area contributed by atoms with Crippen LogP contribution in [0.4, 0.5) is 17.1 Å². The van der Waals surface area contributed by atoms with E-state index < -0.39 is 0 Å². The van der Waals surface area contributed by atoms with E-state index in [-0.39, 0.29) is 0 Å². The molecule has 0 amide bonds. The van der Waals surface area contributed by atoms with Gasteiger partial charge >= 0.3 is 0 Å². The molecule has 0 unspecified atom stereocenters. The summed E-state index contributed by atoms with van der Waals surface area (Å²) in [6.45, 7) is 0. The van der Waals surface area contributed by atoms with Gasteiger partial charge in [0.1, 0.15) is 11.2 Å². The summed E-state index contributed by atoms with van der Waals surface area (Å²) in [6, 6.07) is 65.7. The van der Waals surface area contributed by atoms with E-state index in [4.69, 9.17) is 4.42 Å². The molecule has 9 aromatic carbocycles. The molecule has 0 atom stereocenters. The molecule has 0 aliphatic carbocycles. The van der Waals surface area contributed by atoms with Crippen LogP contribution in [0, 0.1) is 0 Å². The molecular weight excluding hydrogens is 621 g/mol. The van der Waals surface area contributed by atoms with Gasteiger partial charge in [-0.1, -0.05) is 115 Å². The van der Waals surface area contributed by atoms with Crippen LogP contribution < -0.4 is 4.90 Å².